The number of benzene rings is 1. The monoisotopic (exact) mass is 281 g/mol. The van der Waals surface area contributed by atoms with Crippen LogP contribution in [0.3, 0.4) is 0 Å². The SMILES string of the molecule is CC[NH+](CC)CCc1nc(-c2ccccc2)no1.[Cl-]. The highest BCUT2D eigenvalue weighted by Crippen LogP contribution is 2.14. The van der Waals surface area contributed by atoms with E-state index in [-0.39, 0.29) is 12.4 Å². The standard InChI is InChI=1S/C14H19N3O.ClH/c1-3-17(4-2)11-10-13-15-14(16-18-13)12-8-6-5-7-9-12;/h5-9H,3-4,10-11H2,1-2H3;1H. The highest BCUT2D eigenvalue weighted by molar-refractivity contribution is 5.53. The number of halogens is 1. The number of aromatic nitrogens is 2. The van der Waals surface area contributed by atoms with Crippen LogP contribution in [0, 0.1) is 0 Å². The number of likely N-dealkylation sites (N-methyl/N-ethyl adjacent to an activating group) is 1. The van der Waals surface area contributed by atoms with E-state index in [1.54, 1.807) is 4.90 Å². The molecule has 1 N–H and O–H groups in total. The first kappa shape index (κ1) is 15.7. The van der Waals surface area contributed by atoms with Crippen molar-refractivity contribution in [1.82, 2.24) is 10.1 Å². The summed E-state index contributed by atoms with van der Waals surface area (Å²) in [6, 6.07) is 9.92. The van der Waals surface area contributed by atoms with Gasteiger partial charge in [0.05, 0.1) is 26.1 Å². The van der Waals surface area contributed by atoms with Crippen molar-refractivity contribution in [3.63, 3.8) is 0 Å². The second-order valence-electron chi connectivity index (χ2n) is 4.33. The second-order valence-corrected chi connectivity index (χ2v) is 4.33. The molecule has 104 valence electrons. The van der Waals surface area contributed by atoms with Gasteiger partial charge in [0.15, 0.2) is 0 Å². The molecule has 5 heteroatoms. The van der Waals surface area contributed by atoms with Crippen molar-refractivity contribution in [3.05, 3.63) is 36.2 Å². The van der Waals surface area contributed by atoms with Gasteiger partial charge in [0.2, 0.25) is 11.7 Å². The van der Waals surface area contributed by atoms with Crippen LogP contribution in [0.2, 0.25) is 0 Å². The van der Waals surface area contributed by atoms with Crippen LogP contribution < -0.4 is 17.3 Å². The fourth-order valence-corrected chi connectivity index (χ4v) is 1.95. The summed E-state index contributed by atoms with van der Waals surface area (Å²) in [5.74, 6) is 1.41. The van der Waals surface area contributed by atoms with E-state index in [0.29, 0.717) is 5.82 Å². The van der Waals surface area contributed by atoms with Crippen LogP contribution in [0.1, 0.15) is 19.7 Å². The number of quaternary nitrogens is 1. The molecule has 19 heavy (non-hydrogen) atoms. The van der Waals surface area contributed by atoms with Gasteiger partial charge in [-0.2, -0.15) is 4.98 Å². The molecule has 1 aromatic heterocycles. The van der Waals surface area contributed by atoms with E-state index in [9.17, 15) is 0 Å². The molecular formula is C14H20ClN3O. The molecule has 0 spiro atoms. The van der Waals surface area contributed by atoms with Gasteiger partial charge < -0.3 is 21.8 Å². The third-order valence-electron chi connectivity index (χ3n) is 3.19. The lowest BCUT2D eigenvalue weighted by Gasteiger charge is -2.13. The summed E-state index contributed by atoms with van der Waals surface area (Å²) in [5.41, 5.74) is 1.00. The first-order valence-electron chi connectivity index (χ1n) is 6.55. The molecule has 2 aromatic rings. The van der Waals surface area contributed by atoms with Crippen LogP contribution in [0.25, 0.3) is 11.4 Å². The minimum Gasteiger partial charge on any atom is -1.00 e. The van der Waals surface area contributed by atoms with Gasteiger partial charge in [-0.3, -0.25) is 0 Å². The quantitative estimate of drug-likeness (QED) is 0.680. The topological polar surface area (TPSA) is 43.4 Å². The summed E-state index contributed by atoms with van der Waals surface area (Å²) in [6.07, 6.45) is 0.844. The minimum absolute atomic E-state index is 0. The van der Waals surface area contributed by atoms with Crippen molar-refractivity contribution in [2.75, 3.05) is 19.6 Å². The molecule has 0 saturated heterocycles. The molecule has 0 bridgehead atoms. The lowest BCUT2D eigenvalue weighted by atomic mass is 10.2. The summed E-state index contributed by atoms with van der Waals surface area (Å²) >= 11 is 0. The number of hydrogen-bond donors (Lipinski definition) is 1. The molecule has 4 nitrogen and oxygen atoms in total. The molecule has 0 fully saturated rings. The van der Waals surface area contributed by atoms with Gasteiger partial charge in [0, 0.05) is 5.56 Å². The number of nitrogens with one attached hydrogen (secondary N) is 1. The van der Waals surface area contributed by atoms with Crippen molar-refractivity contribution in [2.24, 2.45) is 0 Å². The number of rotatable bonds is 6. The average Bonchev–Trinajstić information content (AvgIpc) is 2.90. The van der Waals surface area contributed by atoms with Crippen LogP contribution in [-0.2, 0) is 6.42 Å². The van der Waals surface area contributed by atoms with Crippen molar-refractivity contribution < 1.29 is 21.8 Å². The van der Waals surface area contributed by atoms with Crippen molar-refractivity contribution in [1.29, 1.82) is 0 Å². The van der Waals surface area contributed by atoms with Gasteiger partial charge in [-0.25, -0.2) is 0 Å². The van der Waals surface area contributed by atoms with Crippen LogP contribution in [0.4, 0.5) is 0 Å². The first-order chi connectivity index (χ1) is 8.83. The van der Waals surface area contributed by atoms with E-state index >= 15 is 0 Å². The van der Waals surface area contributed by atoms with E-state index in [0.717, 1.165) is 37.5 Å². The van der Waals surface area contributed by atoms with E-state index in [2.05, 4.69) is 24.0 Å². The van der Waals surface area contributed by atoms with Crippen molar-refractivity contribution in [2.45, 2.75) is 20.3 Å². The molecule has 1 heterocycles. The molecule has 0 aliphatic carbocycles. The fraction of sp³-hybridized carbons (Fsp3) is 0.429. The Balaban J connectivity index is 0.00000180. The Morgan fingerprint density at radius 1 is 1.11 bits per heavy atom. The summed E-state index contributed by atoms with van der Waals surface area (Å²) in [4.78, 5) is 5.98. The van der Waals surface area contributed by atoms with Crippen molar-refractivity contribution in [3.8, 4) is 11.4 Å². The van der Waals surface area contributed by atoms with Gasteiger partial charge >= 0.3 is 0 Å². The lowest BCUT2D eigenvalue weighted by molar-refractivity contribution is -0.896. The lowest BCUT2D eigenvalue weighted by Crippen LogP contribution is -3.11. The van der Waals surface area contributed by atoms with Gasteiger partial charge in [-0.15, -0.1) is 0 Å². The van der Waals surface area contributed by atoms with Gasteiger partial charge in [0.25, 0.3) is 0 Å². The molecule has 1 aromatic carbocycles. The Hall–Kier alpha value is -1.39. The van der Waals surface area contributed by atoms with Crippen LogP contribution >= 0.6 is 0 Å². The van der Waals surface area contributed by atoms with E-state index < -0.39 is 0 Å². The minimum atomic E-state index is 0. The fourth-order valence-electron chi connectivity index (χ4n) is 1.95. The summed E-state index contributed by atoms with van der Waals surface area (Å²) in [7, 11) is 0. The van der Waals surface area contributed by atoms with Crippen LogP contribution in [-0.4, -0.2) is 29.8 Å². The summed E-state index contributed by atoms with van der Waals surface area (Å²) in [6.45, 7) is 7.71. The molecule has 0 aliphatic heterocycles. The predicted octanol–water partition coefficient (Wildman–Crippen LogP) is -1.79. The van der Waals surface area contributed by atoms with Crippen molar-refractivity contribution >= 4 is 0 Å². The maximum Gasteiger partial charge on any atom is 0.232 e. The second kappa shape index (κ2) is 7.92. The Kier molecular flexibility index (Phi) is 6.53. The summed E-state index contributed by atoms with van der Waals surface area (Å²) < 4.78 is 5.28. The largest absolute Gasteiger partial charge is 1.00 e. The zero-order chi connectivity index (χ0) is 12.8. The maximum absolute atomic E-state index is 5.28. The molecule has 0 radical (unpaired) electrons. The van der Waals surface area contributed by atoms with E-state index in [1.807, 2.05) is 30.3 Å². The zero-order valence-corrected chi connectivity index (χ0v) is 12.2. The Morgan fingerprint density at radius 3 is 2.42 bits per heavy atom. The summed E-state index contributed by atoms with van der Waals surface area (Å²) in [5, 5.41) is 4.02. The first-order valence-corrected chi connectivity index (χ1v) is 6.55. The normalized spacial score (nSPS) is 10.5. The van der Waals surface area contributed by atoms with E-state index in [4.69, 9.17) is 4.52 Å². The average molecular weight is 282 g/mol. The molecular weight excluding hydrogens is 262 g/mol. The molecule has 2 rings (SSSR count). The molecule has 0 aliphatic rings. The Bertz CT molecular complexity index is 469. The predicted molar refractivity (Wildman–Crippen MR) is 70.3 cm³/mol. The number of nitrogens with zero attached hydrogens (tertiary/aromatic N) is 2. The van der Waals surface area contributed by atoms with Crippen LogP contribution in [0.5, 0.6) is 0 Å². The zero-order valence-electron chi connectivity index (χ0n) is 11.4. The molecule has 0 amide bonds. The van der Waals surface area contributed by atoms with Gasteiger partial charge in [-0.1, -0.05) is 35.5 Å². The smallest absolute Gasteiger partial charge is 0.232 e. The highest BCUT2D eigenvalue weighted by atomic mass is 35.5. The number of hydrogen-bond acceptors (Lipinski definition) is 3. The molecule has 0 saturated carbocycles. The van der Waals surface area contributed by atoms with Crippen LogP contribution in [0.15, 0.2) is 34.9 Å². The third kappa shape index (κ3) is 4.33. The van der Waals surface area contributed by atoms with Gasteiger partial charge in [-0.05, 0) is 13.8 Å². The highest BCUT2D eigenvalue weighted by Gasteiger charge is 2.10. The molecule has 0 atom stereocenters. The maximum atomic E-state index is 5.28. The third-order valence-corrected chi connectivity index (χ3v) is 3.19. The Morgan fingerprint density at radius 2 is 1.79 bits per heavy atom. The van der Waals surface area contributed by atoms with Gasteiger partial charge in [0.1, 0.15) is 0 Å². The van der Waals surface area contributed by atoms with E-state index in [1.165, 1.54) is 0 Å². The Labute approximate surface area is 120 Å². The molecule has 0 unspecified atom stereocenters.